The van der Waals surface area contributed by atoms with Crippen LogP contribution in [0.1, 0.15) is 30.2 Å². The molecule has 16 nitrogen and oxygen atoms in total. The highest BCUT2D eigenvalue weighted by molar-refractivity contribution is 5.60. The molecule has 0 saturated carbocycles. The van der Waals surface area contributed by atoms with Gasteiger partial charge in [0.15, 0.2) is 6.23 Å². The van der Waals surface area contributed by atoms with Crippen molar-refractivity contribution in [1.82, 2.24) is 9.55 Å². The van der Waals surface area contributed by atoms with E-state index in [1.54, 1.807) is 0 Å². The summed E-state index contributed by atoms with van der Waals surface area (Å²) in [4.78, 5) is 58.4. The molecule has 5 atom stereocenters. The van der Waals surface area contributed by atoms with Crippen molar-refractivity contribution in [3.05, 3.63) is 76.6 Å². The van der Waals surface area contributed by atoms with Crippen molar-refractivity contribution in [2.75, 3.05) is 13.2 Å². The number of rotatable bonds is 8. The minimum absolute atomic E-state index is 0.0239. The Labute approximate surface area is 201 Å². The maximum atomic E-state index is 12.0. The van der Waals surface area contributed by atoms with Gasteiger partial charge in [-0.25, -0.2) is 9.59 Å². The van der Waals surface area contributed by atoms with Crippen LogP contribution in [-0.2, 0) is 14.2 Å². The van der Waals surface area contributed by atoms with Crippen molar-refractivity contribution in [3.63, 3.8) is 0 Å². The highest BCUT2D eigenvalue weighted by atomic mass is 16.7. The molecular formula is C20H22N4O12. The third-order valence-electron chi connectivity index (χ3n) is 5.52. The first-order chi connectivity index (χ1) is 16.9. The summed E-state index contributed by atoms with van der Waals surface area (Å²) in [6.45, 7) is 1.86. The Balaban J connectivity index is 1.60. The lowest BCUT2D eigenvalue weighted by molar-refractivity contribution is -0.389. The number of aromatic amines is 1. The lowest BCUT2D eigenvalue weighted by Crippen LogP contribution is -2.38. The fourth-order valence-corrected chi connectivity index (χ4v) is 3.56. The van der Waals surface area contributed by atoms with E-state index >= 15 is 0 Å². The van der Waals surface area contributed by atoms with Crippen LogP contribution in [0.5, 0.6) is 0 Å². The van der Waals surface area contributed by atoms with Gasteiger partial charge in [-0.2, -0.15) is 0 Å². The number of ether oxygens (including phenoxy) is 3. The molecule has 1 fully saturated rings. The molecule has 0 amide bonds. The van der Waals surface area contributed by atoms with E-state index in [0.29, 0.717) is 0 Å². The summed E-state index contributed by atoms with van der Waals surface area (Å²) >= 11 is 0. The Morgan fingerprint density at radius 3 is 2.53 bits per heavy atom. The quantitative estimate of drug-likeness (QED) is 0.246. The first-order valence-electron chi connectivity index (χ1n) is 10.5. The van der Waals surface area contributed by atoms with Gasteiger partial charge < -0.3 is 24.4 Å². The molecular weight excluding hydrogens is 488 g/mol. The van der Waals surface area contributed by atoms with Gasteiger partial charge in [-0.3, -0.25) is 34.6 Å². The van der Waals surface area contributed by atoms with Gasteiger partial charge in [0.1, 0.15) is 31.5 Å². The molecule has 0 radical (unpaired) electrons. The zero-order chi connectivity index (χ0) is 26.7. The summed E-state index contributed by atoms with van der Waals surface area (Å²) in [6.07, 6.45) is -5.87. The van der Waals surface area contributed by atoms with Gasteiger partial charge in [-0.05, 0) is 6.92 Å². The lowest BCUT2D eigenvalue weighted by atomic mass is 9.99. The van der Waals surface area contributed by atoms with Gasteiger partial charge in [0.05, 0.1) is 9.85 Å². The Morgan fingerprint density at radius 2 is 1.89 bits per heavy atom. The van der Waals surface area contributed by atoms with E-state index in [9.17, 15) is 44.8 Å². The summed E-state index contributed by atoms with van der Waals surface area (Å²) in [5, 5.41) is 42.7. The van der Waals surface area contributed by atoms with Crippen molar-refractivity contribution in [2.24, 2.45) is 0 Å². The molecule has 1 saturated heterocycles. The van der Waals surface area contributed by atoms with Crippen molar-refractivity contribution >= 4 is 17.5 Å². The van der Waals surface area contributed by atoms with E-state index in [4.69, 9.17) is 14.2 Å². The number of non-ortho nitro benzene ring substituents is 1. The van der Waals surface area contributed by atoms with Gasteiger partial charge >= 0.3 is 11.8 Å². The largest absolute Gasteiger partial charge is 0.508 e. The van der Waals surface area contributed by atoms with Gasteiger partial charge in [-0.1, -0.05) is 6.92 Å². The lowest BCUT2D eigenvalue weighted by Gasteiger charge is -2.17. The van der Waals surface area contributed by atoms with Crippen LogP contribution in [0.2, 0.25) is 0 Å². The molecule has 2 heterocycles. The highest BCUT2D eigenvalue weighted by Gasteiger charge is 2.45. The Morgan fingerprint density at radius 1 is 1.19 bits per heavy atom. The Kier molecular flexibility index (Phi) is 7.81. The number of aliphatic hydroxyl groups is 2. The van der Waals surface area contributed by atoms with Crippen molar-refractivity contribution < 1.29 is 39.1 Å². The normalized spacial score (nSPS) is 22.1. The molecule has 36 heavy (non-hydrogen) atoms. The molecule has 3 unspecified atom stereocenters. The molecule has 1 aromatic heterocycles. The summed E-state index contributed by atoms with van der Waals surface area (Å²) in [6, 6.07) is 2.99. The number of nitro groups is 2. The van der Waals surface area contributed by atoms with E-state index in [2.05, 4.69) is 0 Å². The number of nitrogens with zero attached hydrogens (tertiary/aromatic N) is 3. The number of hydrogen-bond donors (Lipinski definition) is 3. The molecule has 2 aromatic rings. The number of nitrogens with one attached hydrogen (secondary N) is 1. The minimum Gasteiger partial charge on any atom is -0.434 e. The van der Waals surface area contributed by atoms with Crippen LogP contribution in [-0.4, -0.2) is 67.3 Å². The first-order valence-corrected chi connectivity index (χ1v) is 10.5. The molecule has 0 spiro atoms. The van der Waals surface area contributed by atoms with Gasteiger partial charge in [0, 0.05) is 41.4 Å². The average Bonchev–Trinajstić information content (AvgIpc) is 3.11. The maximum absolute atomic E-state index is 12.0. The number of hydrogen-bond acceptors (Lipinski definition) is 12. The van der Waals surface area contributed by atoms with Gasteiger partial charge in [0.2, 0.25) is 0 Å². The molecule has 0 bridgehead atoms. The molecule has 1 aliphatic rings. The molecule has 1 aromatic carbocycles. The predicted octanol–water partition coefficient (Wildman–Crippen LogP) is 0.238. The van der Waals surface area contributed by atoms with Crippen LogP contribution < -0.4 is 11.2 Å². The fraction of sp³-hybridized carbons (Fsp3) is 0.450. The SMILES string of the molecule is Cc1cn([C@@H]2O[C@H](COC(=O)OCC(C)c3cc([N+](=O)[O-])ccc3[N+](=O)[O-])C(O)C2O)c(=O)[nH]c1=O. The third kappa shape index (κ3) is 5.56. The number of aliphatic hydroxyl groups excluding tert-OH is 2. The van der Waals surface area contributed by atoms with E-state index in [0.717, 1.165) is 29.0 Å². The van der Waals surface area contributed by atoms with Crippen molar-refractivity contribution in [1.29, 1.82) is 0 Å². The second-order valence-electron chi connectivity index (χ2n) is 8.06. The number of aryl methyl sites for hydroxylation is 1. The molecule has 16 heteroatoms. The second kappa shape index (κ2) is 10.6. The van der Waals surface area contributed by atoms with E-state index < -0.39 is 70.9 Å². The predicted molar refractivity (Wildman–Crippen MR) is 117 cm³/mol. The van der Waals surface area contributed by atoms with Crippen LogP contribution in [0, 0.1) is 27.2 Å². The smallest absolute Gasteiger partial charge is 0.434 e. The van der Waals surface area contributed by atoms with Crippen LogP contribution >= 0.6 is 0 Å². The van der Waals surface area contributed by atoms with Crippen molar-refractivity contribution in [3.8, 4) is 0 Å². The maximum Gasteiger partial charge on any atom is 0.508 e. The molecule has 3 rings (SSSR count). The molecule has 3 N–H and O–H groups in total. The van der Waals surface area contributed by atoms with Crippen LogP contribution in [0.4, 0.5) is 16.2 Å². The topological polar surface area (TPSA) is 226 Å². The van der Waals surface area contributed by atoms with Crippen LogP contribution in [0.15, 0.2) is 34.0 Å². The van der Waals surface area contributed by atoms with E-state index in [-0.39, 0.29) is 22.5 Å². The summed E-state index contributed by atoms with van der Waals surface area (Å²) in [5.74, 6) is -0.812. The number of carbonyl (C=O) groups is 1. The van der Waals surface area contributed by atoms with Gasteiger partial charge in [-0.15, -0.1) is 0 Å². The number of H-pyrrole nitrogens is 1. The minimum atomic E-state index is -1.59. The second-order valence-corrected chi connectivity index (χ2v) is 8.06. The number of aromatic nitrogens is 2. The molecule has 0 aliphatic carbocycles. The average molecular weight is 510 g/mol. The zero-order valence-corrected chi connectivity index (χ0v) is 18.9. The Bertz CT molecular complexity index is 1290. The summed E-state index contributed by atoms with van der Waals surface area (Å²) < 4.78 is 16.1. The first kappa shape index (κ1) is 26.5. The van der Waals surface area contributed by atoms with Crippen LogP contribution in [0.3, 0.4) is 0 Å². The highest BCUT2D eigenvalue weighted by Crippen LogP contribution is 2.31. The van der Waals surface area contributed by atoms with Crippen molar-refractivity contribution in [2.45, 2.75) is 44.3 Å². The molecule has 194 valence electrons. The standard InChI is InChI=1S/C20H22N4O12/c1-9-6-22(19(28)21-17(9)27)18-16(26)15(25)14(36-18)8-35-20(29)34-7-10(2)12-5-11(23(30)31)3-4-13(12)24(32)33/h3-6,10,14-16,18,25-26H,7-8H2,1-2H3,(H,21,27,28)/t10?,14-,15?,16?,18-/m1/s1. The summed E-state index contributed by atoms with van der Waals surface area (Å²) in [7, 11) is 0. The number of carbonyl (C=O) groups excluding carboxylic acids is 1. The van der Waals surface area contributed by atoms with E-state index in [1.807, 2.05) is 4.98 Å². The van der Waals surface area contributed by atoms with Crippen LogP contribution in [0.25, 0.3) is 0 Å². The zero-order valence-electron chi connectivity index (χ0n) is 18.9. The number of nitro benzene ring substituents is 2. The van der Waals surface area contributed by atoms with Gasteiger partial charge in [0.25, 0.3) is 16.9 Å². The van der Waals surface area contributed by atoms with E-state index in [1.165, 1.54) is 13.8 Å². The monoisotopic (exact) mass is 510 g/mol. The Hall–Kier alpha value is -4.15. The molecule has 1 aliphatic heterocycles. The number of benzene rings is 1. The fourth-order valence-electron chi connectivity index (χ4n) is 3.56. The third-order valence-corrected chi connectivity index (χ3v) is 5.52. The summed E-state index contributed by atoms with van der Waals surface area (Å²) in [5.41, 5.74) is -2.14.